The summed E-state index contributed by atoms with van der Waals surface area (Å²) in [4.78, 5) is 12.2. The quantitative estimate of drug-likeness (QED) is 0.469. The predicted octanol–water partition coefficient (Wildman–Crippen LogP) is -0.593. The first-order valence-electron chi connectivity index (χ1n) is 2.70. The molecule has 1 heterocycles. The average molecular weight is 131 g/mol. The minimum Gasteiger partial charge on any atom is -0.448 e. The lowest BCUT2D eigenvalue weighted by Gasteiger charge is -2.07. The van der Waals surface area contributed by atoms with Crippen LogP contribution >= 0.6 is 0 Å². The Morgan fingerprint density at radius 2 is 2.67 bits per heavy atom. The SMILES string of the molecule is COCN1COC(=O)C1. The van der Waals surface area contributed by atoms with Crippen molar-refractivity contribution in [3.8, 4) is 0 Å². The van der Waals surface area contributed by atoms with Crippen LogP contribution in [0.5, 0.6) is 0 Å². The van der Waals surface area contributed by atoms with Crippen LogP contribution in [0.15, 0.2) is 0 Å². The summed E-state index contributed by atoms with van der Waals surface area (Å²) < 4.78 is 9.39. The third-order valence-electron chi connectivity index (χ3n) is 1.07. The van der Waals surface area contributed by atoms with Gasteiger partial charge in [-0.1, -0.05) is 0 Å². The molecule has 0 spiro atoms. The first-order valence-corrected chi connectivity index (χ1v) is 2.70. The summed E-state index contributed by atoms with van der Waals surface area (Å²) in [6.07, 6.45) is 0. The molecule has 1 saturated heterocycles. The highest BCUT2D eigenvalue weighted by Gasteiger charge is 2.19. The van der Waals surface area contributed by atoms with Crippen molar-refractivity contribution in [2.24, 2.45) is 0 Å². The second-order valence-electron chi connectivity index (χ2n) is 1.89. The molecule has 1 fully saturated rings. The number of rotatable bonds is 2. The van der Waals surface area contributed by atoms with E-state index in [0.717, 1.165) is 0 Å². The molecule has 0 atom stereocenters. The van der Waals surface area contributed by atoms with Crippen LogP contribution in [0.1, 0.15) is 0 Å². The Balaban J connectivity index is 2.22. The average Bonchev–Trinajstić information content (AvgIpc) is 2.17. The number of hydrogen-bond acceptors (Lipinski definition) is 4. The minimum atomic E-state index is -0.174. The van der Waals surface area contributed by atoms with Crippen LogP contribution in [0.2, 0.25) is 0 Å². The van der Waals surface area contributed by atoms with Crippen LogP contribution in [-0.4, -0.2) is 38.0 Å². The fourth-order valence-electron chi connectivity index (χ4n) is 0.703. The summed E-state index contributed by atoms with van der Waals surface area (Å²) in [6, 6.07) is 0. The van der Waals surface area contributed by atoms with Crippen LogP contribution in [0, 0.1) is 0 Å². The summed E-state index contributed by atoms with van der Waals surface area (Å²) >= 11 is 0. The molecule has 1 rings (SSSR count). The molecule has 0 saturated carbocycles. The Labute approximate surface area is 53.3 Å². The topological polar surface area (TPSA) is 38.8 Å². The molecule has 4 nitrogen and oxygen atoms in total. The maximum Gasteiger partial charge on any atom is 0.321 e. The largest absolute Gasteiger partial charge is 0.448 e. The molecule has 9 heavy (non-hydrogen) atoms. The molecule has 0 radical (unpaired) electrons. The normalized spacial score (nSPS) is 20.3. The second-order valence-corrected chi connectivity index (χ2v) is 1.89. The molecule has 0 aromatic heterocycles. The highest BCUT2D eigenvalue weighted by molar-refractivity contribution is 5.73. The van der Waals surface area contributed by atoms with E-state index in [-0.39, 0.29) is 5.97 Å². The minimum absolute atomic E-state index is 0.174. The van der Waals surface area contributed by atoms with E-state index in [2.05, 4.69) is 4.74 Å². The van der Waals surface area contributed by atoms with Gasteiger partial charge in [0.1, 0.15) is 20.0 Å². The van der Waals surface area contributed by atoms with Crippen molar-refractivity contribution in [3.63, 3.8) is 0 Å². The Kier molecular flexibility index (Phi) is 2.02. The number of esters is 1. The van der Waals surface area contributed by atoms with Gasteiger partial charge in [-0.3, -0.25) is 4.79 Å². The van der Waals surface area contributed by atoms with Gasteiger partial charge in [0.05, 0.1) is 0 Å². The summed E-state index contributed by atoms with van der Waals surface area (Å²) in [5, 5.41) is 0. The third kappa shape index (κ3) is 1.65. The lowest BCUT2D eigenvalue weighted by atomic mass is 10.6. The van der Waals surface area contributed by atoms with Crippen LogP contribution in [0.4, 0.5) is 0 Å². The molecule has 0 bridgehead atoms. The third-order valence-corrected chi connectivity index (χ3v) is 1.07. The zero-order chi connectivity index (χ0) is 6.69. The number of methoxy groups -OCH3 is 1. The molecule has 52 valence electrons. The van der Waals surface area contributed by atoms with E-state index in [4.69, 9.17) is 4.74 Å². The van der Waals surface area contributed by atoms with Crippen molar-refractivity contribution >= 4 is 5.97 Å². The van der Waals surface area contributed by atoms with E-state index in [1.54, 1.807) is 12.0 Å². The number of hydrogen-bond donors (Lipinski definition) is 0. The summed E-state index contributed by atoms with van der Waals surface area (Å²) in [7, 11) is 1.59. The number of carbonyl (C=O) groups is 1. The zero-order valence-electron chi connectivity index (χ0n) is 5.29. The molecule has 0 aromatic carbocycles. The van der Waals surface area contributed by atoms with Crippen LogP contribution in [0.3, 0.4) is 0 Å². The van der Waals surface area contributed by atoms with E-state index in [1.165, 1.54) is 0 Å². The molecule has 0 aromatic rings. The second kappa shape index (κ2) is 2.80. The smallest absolute Gasteiger partial charge is 0.321 e. The van der Waals surface area contributed by atoms with Crippen molar-refractivity contribution in [2.75, 3.05) is 27.1 Å². The number of nitrogens with zero attached hydrogens (tertiary/aromatic N) is 1. The van der Waals surface area contributed by atoms with Crippen molar-refractivity contribution in [3.05, 3.63) is 0 Å². The maximum atomic E-state index is 10.4. The molecule has 0 amide bonds. The highest BCUT2D eigenvalue weighted by atomic mass is 16.6. The van der Waals surface area contributed by atoms with Crippen molar-refractivity contribution < 1.29 is 14.3 Å². The van der Waals surface area contributed by atoms with Gasteiger partial charge in [0, 0.05) is 7.11 Å². The molecule has 1 aliphatic rings. The fraction of sp³-hybridized carbons (Fsp3) is 0.800. The van der Waals surface area contributed by atoms with E-state index in [1.807, 2.05) is 0 Å². The summed E-state index contributed by atoms with van der Waals surface area (Å²) in [5.41, 5.74) is 0. The first kappa shape index (κ1) is 6.51. The maximum absolute atomic E-state index is 10.4. The standard InChI is InChI=1S/C5H9NO3/c1-8-3-6-2-5(7)9-4-6/h2-4H2,1H3. The zero-order valence-corrected chi connectivity index (χ0v) is 5.29. The number of ether oxygens (including phenoxy) is 2. The van der Waals surface area contributed by atoms with Crippen molar-refractivity contribution in [2.45, 2.75) is 0 Å². The van der Waals surface area contributed by atoms with E-state index >= 15 is 0 Å². The highest BCUT2D eigenvalue weighted by Crippen LogP contribution is 1.98. The van der Waals surface area contributed by atoms with Gasteiger partial charge >= 0.3 is 5.97 Å². The molecular weight excluding hydrogens is 122 g/mol. The molecule has 0 aliphatic carbocycles. The van der Waals surface area contributed by atoms with Gasteiger partial charge in [0.25, 0.3) is 0 Å². The molecular formula is C5H9NO3. The Hall–Kier alpha value is -0.610. The monoisotopic (exact) mass is 131 g/mol. The van der Waals surface area contributed by atoms with Gasteiger partial charge in [-0.2, -0.15) is 0 Å². The lowest BCUT2D eigenvalue weighted by Crippen LogP contribution is -2.22. The van der Waals surface area contributed by atoms with E-state index in [9.17, 15) is 4.79 Å². The summed E-state index contributed by atoms with van der Waals surface area (Å²) in [5.74, 6) is -0.174. The Morgan fingerprint density at radius 3 is 3.11 bits per heavy atom. The van der Waals surface area contributed by atoms with Crippen LogP contribution in [0.25, 0.3) is 0 Å². The summed E-state index contributed by atoms with van der Waals surface area (Å²) in [6.45, 7) is 1.19. The van der Waals surface area contributed by atoms with Gasteiger partial charge < -0.3 is 9.47 Å². The number of cyclic esters (lactones) is 1. The molecule has 4 heteroatoms. The van der Waals surface area contributed by atoms with Crippen LogP contribution < -0.4 is 0 Å². The fourth-order valence-corrected chi connectivity index (χ4v) is 0.703. The molecule has 0 unspecified atom stereocenters. The van der Waals surface area contributed by atoms with Gasteiger partial charge in [0.2, 0.25) is 0 Å². The first-order chi connectivity index (χ1) is 4.33. The van der Waals surface area contributed by atoms with Gasteiger partial charge in [-0.15, -0.1) is 0 Å². The van der Waals surface area contributed by atoms with E-state index < -0.39 is 0 Å². The van der Waals surface area contributed by atoms with Crippen LogP contribution in [-0.2, 0) is 14.3 Å². The van der Waals surface area contributed by atoms with Gasteiger partial charge in [-0.25, -0.2) is 4.90 Å². The van der Waals surface area contributed by atoms with E-state index in [0.29, 0.717) is 20.0 Å². The van der Waals surface area contributed by atoms with Crippen molar-refractivity contribution in [1.82, 2.24) is 4.90 Å². The number of carbonyl (C=O) groups excluding carboxylic acids is 1. The van der Waals surface area contributed by atoms with Crippen molar-refractivity contribution in [1.29, 1.82) is 0 Å². The van der Waals surface area contributed by atoms with Gasteiger partial charge in [0.15, 0.2) is 0 Å². The van der Waals surface area contributed by atoms with Gasteiger partial charge in [-0.05, 0) is 0 Å². The Morgan fingerprint density at radius 1 is 1.89 bits per heavy atom. The molecule has 0 N–H and O–H groups in total. The molecule has 1 aliphatic heterocycles. The lowest BCUT2D eigenvalue weighted by molar-refractivity contribution is -0.136. The predicted molar refractivity (Wildman–Crippen MR) is 29.5 cm³/mol. The Bertz CT molecular complexity index is 115.